The van der Waals surface area contributed by atoms with Crippen LogP contribution in [0.25, 0.3) is 186 Å². The van der Waals surface area contributed by atoms with Crippen LogP contribution in [0.5, 0.6) is 0 Å². The van der Waals surface area contributed by atoms with E-state index in [9.17, 15) is 13.7 Å². The van der Waals surface area contributed by atoms with E-state index < -0.39 is 269 Å². The highest BCUT2D eigenvalue weighted by atomic mass is 14.2. The van der Waals surface area contributed by atoms with Gasteiger partial charge in [-0.1, -0.05) is 321 Å². The average molecular weight is 1170 g/mol. The number of hydrogen-bond donors (Lipinski definition) is 0. The van der Waals surface area contributed by atoms with Gasteiger partial charge in [-0.3, -0.25) is 0 Å². The minimum absolute atomic E-state index is 0.568. The zero-order chi connectivity index (χ0) is 85.3. The molecule has 0 saturated carbocycles. The lowest BCUT2D eigenvalue weighted by Gasteiger charge is -2.20. The van der Waals surface area contributed by atoms with Crippen molar-refractivity contribution in [1.82, 2.24) is 0 Å². The molecule has 0 fully saturated rings. The molecule has 416 valence electrons. The minimum Gasteiger partial charge on any atom is -0.0622 e. The number of rotatable bonds is 7. The molecule has 0 nitrogen and oxygen atoms in total. The summed E-state index contributed by atoms with van der Waals surface area (Å²) in [5, 5.41) is 9.85. The molecule has 90 heavy (non-hydrogen) atoms. The molecule has 0 aliphatic rings. The molecular formula is C90H56. The molecule has 19 aromatic carbocycles. The van der Waals surface area contributed by atoms with Crippen LogP contribution in [0, 0.1) is 0 Å². The topological polar surface area (TPSA) is 0 Å². The van der Waals surface area contributed by atoms with Crippen LogP contribution in [0.4, 0.5) is 0 Å². The summed E-state index contributed by atoms with van der Waals surface area (Å²) >= 11 is 0. The molecule has 0 aromatic heterocycles. The molecule has 0 aliphatic carbocycles. The van der Waals surface area contributed by atoms with Gasteiger partial charge in [0.25, 0.3) is 0 Å². The summed E-state index contributed by atoms with van der Waals surface area (Å²) in [6, 6.07) is 28.6. The molecule has 0 heterocycles. The molecule has 0 N–H and O–H groups in total. The zero-order valence-corrected chi connectivity index (χ0v) is 47.0. The third kappa shape index (κ3) is 8.52. The Kier molecular flexibility index (Phi) is 6.96. The van der Waals surface area contributed by atoms with E-state index in [2.05, 4.69) is 158 Å². The summed E-state index contributed by atoms with van der Waals surface area (Å²) in [6.45, 7) is 0. The molecule has 0 spiro atoms. The predicted octanol–water partition coefficient (Wildman–Crippen LogP) is 25.4. The van der Waals surface area contributed by atoms with Crippen LogP contribution >= 0.6 is 0 Å². The van der Waals surface area contributed by atoms with E-state index in [0.29, 0.717) is 0 Å². The molecule has 0 atom stereocenters. The summed E-state index contributed by atoms with van der Waals surface area (Å²) in [4.78, 5) is 0. The van der Waals surface area contributed by atoms with Crippen molar-refractivity contribution in [2.75, 3.05) is 0 Å². The predicted molar refractivity (Wildman–Crippen MR) is 388 cm³/mol. The summed E-state index contributed by atoms with van der Waals surface area (Å²) in [5.41, 5.74) is 0.578. The van der Waals surface area contributed by atoms with Gasteiger partial charge in [0.1, 0.15) is 0 Å². The van der Waals surface area contributed by atoms with Crippen LogP contribution in [0.1, 0.15) is 41.1 Å². The molecule has 19 aromatic rings. The van der Waals surface area contributed by atoms with Crippen molar-refractivity contribution in [3.8, 4) is 77.9 Å². The lowest BCUT2D eigenvalue weighted by atomic mass is 9.83. The quantitative estimate of drug-likeness (QED) is 0.110. The van der Waals surface area contributed by atoms with E-state index in [1.54, 1.807) is 0 Å². The Morgan fingerprint density at radius 2 is 0.633 bits per heavy atom. The lowest BCUT2D eigenvalue weighted by molar-refractivity contribution is 1.60. The highest BCUT2D eigenvalue weighted by molar-refractivity contribution is 6.28. The molecule has 0 heteroatoms. The van der Waals surface area contributed by atoms with Gasteiger partial charge in [-0.2, -0.15) is 0 Å². The second-order valence-corrected chi connectivity index (χ2v) is 21.8. The van der Waals surface area contributed by atoms with Gasteiger partial charge in [0.05, 0.1) is 41.1 Å². The summed E-state index contributed by atoms with van der Waals surface area (Å²) in [6.07, 6.45) is 0. The van der Waals surface area contributed by atoms with Gasteiger partial charge in [-0.25, -0.2) is 0 Å². The maximum atomic E-state index is 10.0. The highest BCUT2D eigenvalue weighted by Crippen LogP contribution is 2.48. The van der Waals surface area contributed by atoms with E-state index in [1.807, 2.05) is 0 Å². The van der Waals surface area contributed by atoms with E-state index >= 15 is 0 Å². The maximum absolute atomic E-state index is 10.0. The molecular weight excluding hydrogens is 1080 g/mol. The standard InChI is InChI=1S/C46H30.C44H26/c1-2-11-31(12-3-1)38-27-28-43-44(30-38)46(40-20-10-16-34-14-6-7-17-39(34)40)42-19-9-8-18-41(42)45(43)35-24-21-33(22-25-35)37-26-23-32-13-4-5-15-36(32)29-37;1-4-29-14-16-33-18-22-37(39-24-20-31(6-1)41(29)43(33)39)28-12-10-27(11-13-28)35-8-3-9-36(26-35)38-23-19-34-17-15-30-5-2-7-32-21-25-40(38)44(34)42(30)32/h1-30H;1-26H/i1D,2D,3D,4D,5D,6D,7D,8D,9D,10D,11D,12D,13D,14D,15D,16D,17D,18D,19D,20D,21D,22D,23D,24D,25D,26D,27D,28D,29D,30D;. The van der Waals surface area contributed by atoms with Gasteiger partial charge in [0, 0.05) is 0 Å². The second kappa shape index (κ2) is 21.0. The summed E-state index contributed by atoms with van der Waals surface area (Å²) < 4.78 is 270. The van der Waals surface area contributed by atoms with Gasteiger partial charge in [-0.05, 0) is 204 Å². The largest absolute Gasteiger partial charge is 0.0636 e. The van der Waals surface area contributed by atoms with E-state index in [0.717, 1.165) is 0 Å². The summed E-state index contributed by atoms with van der Waals surface area (Å²) in [7, 11) is 0. The van der Waals surface area contributed by atoms with Crippen molar-refractivity contribution in [2.45, 2.75) is 0 Å². The van der Waals surface area contributed by atoms with Gasteiger partial charge >= 0.3 is 0 Å². The molecule has 0 aliphatic heterocycles. The molecule has 0 saturated heterocycles. The Hall–Kier alpha value is -11.7. The fourth-order valence-corrected chi connectivity index (χ4v) is 12.9. The van der Waals surface area contributed by atoms with Gasteiger partial charge in [-0.15, -0.1) is 0 Å². The Bertz CT molecular complexity index is 7790. The summed E-state index contributed by atoms with van der Waals surface area (Å²) in [5.74, 6) is 0. The van der Waals surface area contributed by atoms with Crippen molar-refractivity contribution in [2.24, 2.45) is 0 Å². The number of fused-ring (bicyclic) bond motifs is 4. The normalized spacial score (nSPS) is 16.4. The Balaban J connectivity index is 0.000000188. The molecule has 0 unspecified atom stereocenters. The molecule has 0 bridgehead atoms. The minimum atomic E-state index is -1.17. The first-order valence-corrected chi connectivity index (χ1v) is 28.8. The van der Waals surface area contributed by atoms with Gasteiger partial charge < -0.3 is 0 Å². The van der Waals surface area contributed by atoms with Crippen LogP contribution in [-0.4, -0.2) is 0 Å². The Labute approximate surface area is 564 Å². The third-order valence-corrected chi connectivity index (χ3v) is 16.9. The van der Waals surface area contributed by atoms with Crippen LogP contribution in [-0.2, 0) is 0 Å². The van der Waals surface area contributed by atoms with Crippen molar-refractivity contribution in [3.63, 3.8) is 0 Å². The monoisotopic (exact) mass is 1170 g/mol. The van der Waals surface area contributed by atoms with Crippen molar-refractivity contribution in [3.05, 3.63) is 339 Å². The van der Waals surface area contributed by atoms with Crippen molar-refractivity contribution >= 4 is 108 Å². The average Bonchev–Trinajstić information content (AvgIpc) is 0.679. The SMILES string of the molecule is [2H]c1c([2H])c([2H])c(-c2c([2H])c([2H])c3c(-c4c([2H])c([2H])c(-c5c([2H])c([2H])c6c([2H])c([2H])c([2H])c([2H])c6c5[2H])c([2H])c4[2H])c4c([2H])c([2H])c([2H])c([2H])c4c(-c4c([2H])c([2H])c([2H])c5c([2H])c([2H])c([2H])c([2H])c45)c3c2[2H])c([2H])c1[2H].c1cc(-c2ccc(-c3ccc4ccc5cccc6ccc3c4c56)cc2)cc(-c2ccc3ccc4cccc5ccc2c3c45)c1. The smallest absolute Gasteiger partial charge is 0.0622 e. The number of benzene rings is 19. The first kappa shape index (κ1) is 29.8. The highest BCUT2D eigenvalue weighted by Gasteiger charge is 2.20. The molecule has 19 rings (SSSR count). The van der Waals surface area contributed by atoms with Gasteiger partial charge in [0.2, 0.25) is 0 Å². The van der Waals surface area contributed by atoms with Crippen LogP contribution in [0.3, 0.4) is 0 Å². The van der Waals surface area contributed by atoms with Crippen molar-refractivity contribution in [1.29, 1.82) is 0 Å². The Morgan fingerprint density at radius 3 is 1.31 bits per heavy atom. The lowest BCUT2D eigenvalue weighted by Crippen LogP contribution is -1.92. The fraction of sp³-hybridized carbons (Fsp3) is 0. The number of hydrogen-bond acceptors (Lipinski definition) is 0. The fourth-order valence-electron chi connectivity index (χ4n) is 12.9. The zero-order valence-electron chi connectivity index (χ0n) is 77.0. The van der Waals surface area contributed by atoms with Gasteiger partial charge in [0.15, 0.2) is 0 Å². The van der Waals surface area contributed by atoms with Crippen LogP contribution in [0.2, 0.25) is 0 Å². The van der Waals surface area contributed by atoms with Crippen LogP contribution < -0.4 is 0 Å². The first-order chi connectivity index (χ1) is 57.1. The second-order valence-electron chi connectivity index (χ2n) is 21.8. The first-order valence-electron chi connectivity index (χ1n) is 43.8. The Morgan fingerprint density at radius 1 is 0.178 bits per heavy atom. The molecule has 0 radical (unpaired) electrons. The van der Waals surface area contributed by atoms with Crippen molar-refractivity contribution < 1.29 is 41.1 Å². The van der Waals surface area contributed by atoms with E-state index in [4.69, 9.17) is 27.4 Å². The van der Waals surface area contributed by atoms with Crippen LogP contribution in [0.15, 0.2) is 339 Å². The van der Waals surface area contributed by atoms with E-state index in [1.165, 1.54) is 98.0 Å². The molecule has 0 amide bonds. The van der Waals surface area contributed by atoms with E-state index in [-0.39, 0.29) is 0 Å². The maximum Gasteiger partial charge on any atom is 0.0636 e. The third-order valence-electron chi connectivity index (χ3n) is 16.9.